The quantitative estimate of drug-likeness (QED) is 0.641. The lowest BCUT2D eigenvalue weighted by molar-refractivity contribution is -0.146. The Morgan fingerprint density at radius 3 is 2.89 bits per heavy atom. The average molecular weight is 262 g/mol. The molecule has 0 bridgehead atoms. The zero-order valence-corrected chi connectivity index (χ0v) is 11.2. The van der Waals surface area contributed by atoms with Crippen LogP contribution in [0.25, 0.3) is 0 Å². The lowest BCUT2D eigenvalue weighted by Crippen LogP contribution is -2.58. The number of hydrogen-bond donors (Lipinski definition) is 2. The zero-order valence-electron chi connectivity index (χ0n) is 11.2. The Kier molecular flexibility index (Phi) is 3.74. The van der Waals surface area contributed by atoms with Gasteiger partial charge in [0.2, 0.25) is 0 Å². The molecular weight excluding hydrogens is 244 g/mol. The van der Waals surface area contributed by atoms with Crippen LogP contribution >= 0.6 is 0 Å². The van der Waals surface area contributed by atoms with Crippen molar-refractivity contribution in [2.75, 3.05) is 11.9 Å². The molecule has 1 aromatic rings. The molecule has 0 aliphatic carbocycles. The standard InChI is InChI=1S/C14H18N2O3/c1-3-4-9-15-12(17)14(2)13(18)16-10-7-5-6-8-11(10)19-14/h5-8H,3-4,9H2,1-2H3,(H,15,17)(H,16,18). The molecule has 2 N–H and O–H groups in total. The molecule has 0 saturated heterocycles. The van der Waals surface area contributed by atoms with E-state index >= 15 is 0 Å². The molecule has 102 valence electrons. The first-order valence-corrected chi connectivity index (χ1v) is 6.45. The zero-order chi connectivity index (χ0) is 13.9. The minimum absolute atomic E-state index is 0.409. The minimum Gasteiger partial charge on any atom is -0.466 e. The highest BCUT2D eigenvalue weighted by atomic mass is 16.5. The van der Waals surface area contributed by atoms with E-state index in [9.17, 15) is 9.59 Å². The Labute approximate surface area is 112 Å². The highest BCUT2D eigenvalue weighted by molar-refractivity contribution is 6.15. The van der Waals surface area contributed by atoms with E-state index in [1.807, 2.05) is 6.92 Å². The SMILES string of the molecule is CCCCNC(=O)C1(C)Oc2ccccc2NC1=O. The van der Waals surface area contributed by atoms with Crippen LogP contribution in [0.2, 0.25) is 0 Å². The van der Waals surface area contributed by atoms with Gasteiger partial charge in [0.1, 0.15) is 5.75 Å². The summed E-state index contributed by atoms with van der Waals surface area (Å²) in [5.41, 5.74) is -0.923. The van der Waals surface area contributed by atoms with Gasteiger partial charge in [-0.25, -0.2) is 0 Å². The van der Waals surface area contributed by atoms with Gasteiger partial charge in [-0.05, 0) is 25.5 Å². The van der Waals surface area contributed by atoms with Crippen LogP contribution in [-0.2, 0) is 9.59 Å². The molecule has 1 heterocycles. The molecule has 0 radical (unpaired) electrons. The average Bonchev–Trinajstić information content (AvgIpc) is 2.40. The first-order valence-electron chi connectivity index (χ1n) is 6.45. The molecule has 2 rings (SSSR count). The first kappa shape index (κ1) is 13.4. The second kappa shape index (κ2) is 5.30. The summed E-state index contributed by atoms with van der Waals surface area (Å²) in [4.78, 5) is 24.2. The van der Waals surface area contributed by atoms with Gasteiger partial charge in [0, 0.05) is 6.54 Å². The molecule has 1 atom stereocenters. The summed E-state index contributed by atoms with van der Waals surface area (Å²) >= 11 is 0. The molecule has 19 heavy (non-hydrogen) atoms. The number of carbonyl (C=O) groups is 2. The van der Waals surface area contributed by atoms with Crippen LogP contribution in [0.3, 0.4) is 0 Å². The van der Waals surface area contributed by atoms with Crippen LogP contribution in [0.15, 0.2) is 24.3 Å². The lowest BCUT2D eigenvalue weighted by atomic mass is 10.0. The van der Waals surface area contributed by atoms with Crippen LogP contribution in [0.1, 0.15) is 26.7 Å². The van der Waals surface area contributed by atoms with Gasteiger partial charge in [0.15, 0.2) is 0 Å². The molecule has 5 nitrogen and oxygen atoms in total. The van der Waals surface area contributed by atoms with Crippen molar-refractivity contribution >= 4 is 17.5 Å². The Morgan fingerprint density at radius 2 is 2.16 bits per heavy atom. The van der Waals surface area contributed by atoms with Crippen molar-refractivity contribution in [3.8, 4) is 5.75 Å². The van der Waals surface area contributed by atoms with Gasteiger partial charge in [-0.15, -0.1) is 0 Å². The number of carbonyl (C=O) groups excluding carboxylic acids is 2. The number of anilines is 1. The van der Waals surface area contributed by atoms with Gasteiger partial charge >= 0.3 is 0 Å². The second-order valence-electron chi connectivity index (χ2n) is 4.70. The maximum absolute atomic E-state index is 12.1. The highest BCUT2D eigenvalue weighted by Crippen LogP contribution is 2.33. The molecule has 0 saturated carbocycles. The fourth-order valence-electron chi connectivity index (χ4n) is 1.86. The van der Waals surface area contributed by atoms with E-state index < -0.39 is 17.4 Å². The van der Waals surface area contributed by atoms with E-state index in [2.05, 4.69) is 10.6 Å². The van der Waals surface area contributed by atoms with Crippen LogP contribution in [-0.4, -0.2) is 24.0 Å². The topological polar surface area (TPSA) is 67.4 Å². The van der Waals surface area contributed by atoms with Crippen molar-refractivity contribution in [3.05, 3.63) is 24.3 Å². The largest absolute Gasteiger partial charge is 0.466 e. The van der Waals surface area contributed by atoms with Crippen molar-refractivity contribution in [1.82, 2.24) is 5.32 Å². The number of fused-ring (bicyclic) bond motifs is 1. The van der Waals surface area contributed by atoms with E-state index in [4.69, 9.17) is 4.74 Å². The summed E-state index contributed by atoms with van der Waals surface area (Å²) in [5.74, 6) is -0.344. The molecule has 1 unspecified atom stereocenters. The number of amides is 2. The number of unbranched alkanes of at least 4 members (excludes halogenated alkanes) is 1. The summed E-state index contributed by atoms with van der Waals surface area (Å²) in [6.07, 6.45) is 1.85. The number of para-hydroxylation sites is 2. The maximum atomic E-state index is 12.1. The Hall–Kier alpha value is -2.04. The van der Waals surface area contributed by atoms with Crippen molar-refractivity contribution < 1.29 is 14.3 Å². The van der Waals surface area contributed by atoms with Crippen molar-refractivity contribution in [1.29, 1.82) is 0 Å². The molecule has 5 heteroatoms. The first-order chi connectivity index (χ1) is 9.08. The Bertz CT molecular complexity index is 501. The fourth-order valence-corrected chi connectivity index (χ4v) is 1.86. The van der Waals surface area contributed by atoms with E-state index in [0.717, 1.165) is 12.8 Å². The summed E-state index contributed by atoms with van der Waals surface area (Å²) in [5, 5.41) is 5.43. The molecular formula is C14H18N2O3. The highest BCUT2D eigenvalue weighted by Gasteiger charge is 2.46. The predicted octanol–water partition coefficient (Wildman–Crippen LogP) is 1.69. The monoisotopic (exact) mass is 262 g/mol. The second-order valence-corrected chi connectivity index (χ2v) is 4.70. The third kappa shape index (κ3) is 2.54. The lowest BCUT2D eigenvalue weighted by Gasteiger charge is -2.33. The molecule has 1 aliphatic heterocycles. The third-order valence-corrected chi connectivity index (χ3v) is 3.13. The van der Waals surface area contributed by atoms with Crippen LogP contribution in [0, 0.1) is 0 Å². The Balaban J connectivity index is 2.15. The van der Waals surface area contributed by atoms with Gasteiger partial charge in [0.05, 0.1) is 5.69 Å². The van der Waals surface area contributed by atoms with Gasteiger partial charge < -0.3 is 15.4 Å². The van der Waals surface area contributed by atoms with E-state index in [1.54, 1.807) is 24.3 Å². The van der Waals surface area contributed by atoms with Crippen LogP contribution < -0.4 is 15.4 Å². The fraction of sp³-hybridized carbons (Fsp3) is 0.429. The third-order valence-electron chi connectivity index (χ3n) is 3.13. The Morgan fingerprint density at radius 1 is 1.42 bits per heavy atom. The molecule has 1 aromatic carbocycles. The van der Waals surface area contributed by atoms with Gasteiger partial charge in [-0.2, -0.15) is 0 Å². The number of nitrogens with one attached hydrogen (secondary N) is 2. The van der Waals surface area contributed by atoms with E-state index in [0.29, 0.717) is 18.0 Å². The molecule has 2 amide bonds. The van der Waals surface area contributed by atoms with Gasteiger partial charge in [-0.1, -0.05) is 25.5 Å². The number of hydrogen-bond acceptors (Lipinski definition) is 3. The normalized spacial score (nSPS) is 21.1. The number of rotatable bonds is 4. The van der Waals surface area contributed by atoms with Gasteiger partial charge in [0.25, 0.3) is 17.4 Å². The van der Waals surface area contributed by atoms with Crippen molar-refractivity contribution in [2.24, 2.45) is 0 Å². The summed E-state index contributed by atoms with van der Waals surface area (Å²) in [6.45, 7) is 4.07. The smallest absolute Gasteiger partial charge is 0.278 e. The predicted molar refractivity (Wildman–Crippen MR) is 72.0 cm³/mol. The molecule has 0 fully saturated rings. The molecule has 1 aliphatic rings. The van der Waals surface area contributed by atoms with E-state index in [-0.39, 0.29) is 0 Å². The maximum Gasteiger partial charge on any atom is 0.278 e. The van der Waals surface area contributed by atoms with Crippen molar-refractivity contribution in [2.45, 2.75) is 32.3 Å². The van der Waals surface area contributed by atoms with E-state index in [1.165, 1.54) is 6.92 Å². The summed E-state index contributed by atoms with van der Waals surface area (Å²) in [7, 11) is 0. The van der Waals surface area contributed by atoms with Gasteiger partial charge in [-0.3, -0.25) is 9.59 Å². The molecule has 0 aromatic heterocycles. The van der Waals surface area contributed by atoms with Crippen molar-refractivity contribution in [3.63, 3.8) is 0 Å². The van der Waals surface area contributed by atoms with Crippen LogP contribution in [0.5, 0.6) is 5.75 Å². The minimum atomic E-state index is -1.51. The number of benzene rings is 1. The summed E-state index contributed by atoms with van der Waals surface area (Å²) in [6, 6.07) is 7.06. The molecule has 0 spiro atoms. The van der Waals surface area contributed by atoms with Crippen LogP contribution in [0.4, 0.5) is 5.69 Å². The number of ether oxygens (including phenoxy) is 1. The summed E-state index contributed by atoms with van der Waals surface area (Å²) < 4.78 is 5.60.